The minimum atomic E-state index is 0.286. The van der Waals surface area contributed by atoms with E-state index in [1.165, 1.54) is 11.1 Å². The molecule has 0 spiro atoms. The van der Waals surface area contributed by atoms with Crippen LogP contribution in [0.1, 0.15) is 17.5 Å². The molecule has 0 amide bonds. The van der Waals surface area contributed by atoms with Crippen molar-refractivity contribution in [3.8, 4) is 0 Å². The highest BCUT2D eigenvalue weighted by molar-refractivity contribution is 5.23. The molecule has 0 fully saturated rings. The Labute approximate surface area is 85.8 Å². The minimum absolute atomic E-state index is 0.286. The number of hydrazine groups is 1. The van der Waals surface area contributed by atoms with E-state index in [0.29, 0.717) is 0 Å². The molecule has 1 unspecified atom stereocenters. The van der Waals surface area contributed by atoms with Gasteiger partial charge in [0.1, 0.15) is 0 Å². The van der Waals surface area contributed by atoms with Crippen LogP contribution in [0.15, 0.2) is 36.9 Å². The van der Waals surface area contributed by atoms with Crippen LogP contribution in [0.2, 0.25) is 0 Å². The lowest BCUT2D eigenvalue weighted by Crippen LogP contribution is -2.36. The normalized spacial score (nSPS) is 12.4. The maximum atomic E-state index is 5.45. The first-order valence-corrected chi connectivity index (χ1v) is 4.89. The van der Waals surface area contributed by atoms with Crippen LogP contribution in [-0.4, -0.2) is 6.04 Å². The summed E-state index contributed by atoms with van der Waals surface area (Å²) >= 11 is 0. The van der Waals surface area contributed by atoms with Gasteiger partial charge in [0.05, 0.1) is 0 Å². The van der Waals surface area contributed by atoms with Crippen molar-refractivity contribution in [2.45, 2.75) is 25.8 Å². The lowest BCUT2D eigenvalue weighted by atomic mass is 10.0. The second kappa shape index (κ2) is 5.58. The Balaban J connectivity index is 2.61. The molecule has 1 aromatic rings. The molecule has 0 aliphatic heterocycles. The van der Waals surface area contributed by atoms with Crippen molar-refractivity contribution >= 4 is 0 Å². The Morgan fingerprint density at radius 2 is 2.36 bits per heavy atom. The molecule has 0 aliphatic rings. The van der Waals surface area contributed by atoms with Crippen molar-refractivity contribution in [2.75, 3.05) is 0 Å². The maximum Gasteiger partial charge on any atom is 0.0285 e. The highest BCUT2D eigenvalue weighted by Crippen LogP contribution is 2.08. The average molecular weight is 190 g/mol. The number of nitrogens with one attached hydrogen (secondary N) is 1. The lowest BCUT2D eigenvalue weighted by Gasteiger charge is -2.13. The molecular weight excluding hydrogens is 172 g/mol. The van der Waals surface area contributed by atoms with Gasteiger partial charge < -0.3 is 0 Å². The molecule has 76 valence electrons. The Morgan fingerprint density at radius 1 is 1.57 bits per heavy atom. The van der Waals surface area contributed by atoms with Gasteiger partial charge in [-0.1, -0.05) is 35.9 Å². The number of rotatable bonds is 5. The third kappa shape index (κ3) is 3.32. The largest absolute Gasteiger partial charge is 0.271 e. The number of aryl methyl sites for hydroxylation is 1. The fraction of sp³-hybridized carbons (Fsp3) is 0.333. The zero-order valence-corrected chi connectivity index (χ0v) is 8.66. The highest BCUT2D eigenvalue weighted by atomic mass is 15.2. The van der Waals surface area contributed by atoms with Crippen LogP contribution in [-0.2, 0) is 6.42 Å². The van der Waals surface area contributed by atoms with Crippen LogP contribution in [0.25, 0.3) is 0 Å². The third-order valence-corrected chi connectivity index (χ3v) is 2.25. The molecular formula is C12H18N2. The zero-order valence-electron chi connectivity index (χ0n) is 8.66. The summed E-state index contributed by atoms with van der Waals surface area (Å²) < 4.78 is 0. The zero-order chi connectivity index (χ0) is 10.4. The highest BCUT2D eigenvalue weighted by Gasteiger charge is 2.04. The summed E-state index contributed by atoms with van der Waals surface area (Å²) in [6, 6.07) is 8.77. The first-order chi connectivity index (χ1) is 6.76. The van der Waals surface area contributed by atoms with Crippen LogP contribution in [0.4, 0.5) is 0 Å². The molecule has 0 aromatic heterocycles. The van der Waals surface area contributed by atoms with E-state index >= 15 is 0 Å². The van der Waals surface area contributed by atoms with Crippen molar-refractivity contribution in [3.05, 3.63) is 48.0 Å². The number of benzene rings is 1. The number of hydrogen-bond donors (Lipinski definition) is 2. The molecule has 1 aromatic carbocycles. The SMILES string of the molecule is C=CCC(Cc1cccc(C)c1)NN. The minimum Gasteiger partial charge on any atom is -0.271 e. The van der Waals surface area contributed by atoms with Gasteiger partial charge in [0.15, 0.2) is 0 Å². The Morgan fingerprint density at radius 3 is 2.93 bits per heavy atom. The van der Waals surface area contributed by atoms with E-state index < -0.39 is 0 Å². The molecule has 3 N–H and O–H groups in total. The maximum absolute atomic E-state index is 5.45. The smallest absolute Gasteiger partial charge is 0.0285 e. The second-order valence-electron chi connectivity index (χ2n) is 3.58. The molecule has 0 heterocycles. The third-order valence-electron chi connectivity index (χ3n) is 2.25. The monoisotopic (exact) mass is 190 g/mol. The summed E-state index contributed by atoms with van der Waals surface area (Å²) in [5.41, 5.74) is 5.40. The van der Waals surface area contributed by atoms with E-state index in [-0.39, 0.29) is 6.04 Å². The second-order valence-corrected chi connectivity index (χ2v) is 3.58. The Kier molecular flexibility index (Phi) is 4.36. The Hall–Kier alpha value is -1.12. The van der Waals surface area contributed by atoms with Gasteiger partial charge in [0.2, 0.25) is 0 Å². The van der Waals surface area contributed by atoms with Gasteiger partial charge in [-0.25, -0.2) is 0 Å². The summed E-state index contributed by atoms with van der Waals surface area (Å²) in [4.78, 5) is 0. The van der Waals surface area contributed by atoms with Crippen LogP contribution in [0, 0.1) is 6.92 Å². The van der Waals surface area contributed by atoms with E-state index in [4.69, 9.17) is 5.84 Å². The standard InChI is InChI=1S/C12H18N2/c1-3-5-12(14-13)9-11-7-4-6-10(2)8-11/h3-4,6-8,12,14H,1,5,9,13H2,2H3. The summed E-state index contributed by atoms with van der Waals surface area (Å²) in [6.45, 7) is 5.81. The van der Waals surface area contributed by atoms with Gasteiger partial charge in [-0.2, -0.15) is 0 Å². The van der Waals surface area contributed by atoms with Gasteiger partial charge in [0, 0.05) is 6.04 Å². The Bertz CT molecular complexity index is 294. The average Bonchev–Trinajstić information content (AvgIpc) is 2.17. The summed E-state index contributed by atoms with van der Waals surface area (Å²) in [7, 11) is 0. The predicted molar refractivity (Wildman–Crippen MR) is 60.8 cm³/mol. The summed E-state index contributed by atoms with van der Waals surface area (Å²) in [5, 5.41) is 0. The van der Waals surface area contributed by atoms with Crippen LogP contribution < -0.4 is 11.3 Å². The lowest BCUT2D eigenvalue weighted by molar-refractivity contribution is 0.531. The van der Waals surface area contributed by atoms with Gasteiger partial charge in [-0.15, -0.1) is 6.58 Å². The molecule has 0 saturated carbocycles. The van der Waals surface area contributed by atoms with Crippen molar-refractivity contribution in [3.63, 3.8) is 0 Å². The van der Waals surface area contributed by atoms with Crippen molar-refractivity contribution in [1.82, 2.24) is 5.43 Å². The van der Waals surface area contributed by atoms with Gasteiger partial charge in [0.25, 0.3) is 0 Å². The van der Waals surface area contributed by atoms with Crippen molar-refractivity contribution in [2.24, 2.45) is 5.84 Å². The van der Waals surface area contributed by atoms with Crippen LogP contribution in [0.5, 0.6) is 0 Å². The van der Waals surface area contributed by atoms with E-state index in [2.05, 4.69) is 43.2 Å². The van der Waals surface area contributed by atoms with E-state index in [1.54, 1.807) is 0 Å². The first-order valence-electron chi connectivity index (χ1n) is 4.89. The van der Waals surface area contributed by atoms with E-state index in [1.807, 2.05) is 6.08 Å². The van der Waals surface area contributed by atoms with Gasteiger partial charge in [-0.3, -0.25) is 11.3 Å². The fourth-order valence-corrected chi connectivity index (χ4v) is 1.54. The van der Waals surface area contributed by atoms with Crippen LogP contribution >= 0.6 is 0 Å². The summed E-state index contributed by atoms with van der Waals surface area (Å²) in [6.07, 6.45) is 3.73. The van der Waals surface area contributed by atoms with Gasteiger partial charge >= 0.3 is 0 Å². The first kappa shape index (κ1) is 11.0. The molecule has 2 heteroatoms. The molecule has 14 heavy (non-hydrogen) atoms. The molecule has 0 aliphatic carbocycles. The number of nitrogens with two attached hydrogens (primary N) is 1. The molecule has 1 atom stereocenters. The molecule has 0 saturated heterocycles. The molecule has 0 radical (unpaired) electrons. The van der Waals surface area contributed by atoms with Crippen LogP contribution in [0.3, 0.4) is 0 Å². The van der Waals surface area contributed by atoms with E-state index in [9.17, 15) is 0 Å². The number of hydrogen-bond acceptors (Lipinski definition) is 2. The van der Waals surface area contributed by atoms with E-state index in [0.717, 1.165) is 12.8 Å². The van der Waals surface area contributed by atoms with Gasteiger partial charge in [-0.05, 0) is 25.3 Å². The van der Waals surface area contributed by atoms with Crippen molar-refractivity contribution in [1.29, 1.82) is 0 Å². The summed E-state index contributed by atoms with van der Waals surface area (Å²) in [5.74, 6) is 5.45. The molecule has 1 rings (SSSR count). The molecule has 0 bridgehead atoms. The predicted octanol–water partition coefficient (Wildman–Crippen LogP) is 1.95. The molecule has 2 nitrogen and oxygen atoms in total. The fourth-order valence-electron chi connectivity index (χ4n) is 1.54. The topological polar surface area (TPSA) is 38.0 Å². The van der Waals surface area contributed by atoms with Crippen molar-refractivity contribution < 1.29 is 0 Å². The quantitative estimate of drug-likeness (QED) is 0.423.